The third-order valence-electron chi connectivity index (χ3n) is 3.31. The van der Waals surface area contributed by atoms with E-state index in [1.54, 1.807) is 13.2 Å². The Bertz CT molecular complexity index is 583. The standard InChI is InChI=1S/C16H22ClN5.HI/c1-18-16(19-9-3-11-22-12-4-10-20-22)21(2)13-14-5-7-15(17)8-6-14;/h4-8,10,12H,3,9,11,13H2,1-2H3,(H,18,19);1H. The number of guanidine groups is 1. The topological polar surface area (TPSA) is 45.5 Å². The van der Waals surface area contributed by atoms with Crippen LogP contribution in [0.1, 0.15) is 12.0 Å². The Kier molecular flexibility index (Phi) is 9.01. The molecule has 0 saturated carbocycles. The highest BCUT2D eigenvalue weighted by molar-refractivity contribution is 14.0. The Morgan fingerprint density at radius 1 is 1.35 bits per heavy atom. The zero-order valence-electron chi connectivity index (χ0n) is 13.4. The van der Waals surface area contributed by atoms with Crippen LogP contribution in [0.5, 0.6) is 0 Å². The van der Waals surface area contributed by atoms with Crippen LogP contribution in [0.25, 0.3) is 0 Å². The lowest BCUT2D eigenvalue weighted by molar-refractivity contribution is 0.471. The van der Waals surface area contributed by atoms with Gasteiger partial charge in [-0.3, -0.25) is 9.67 Å². The lowest BCUT2D eigenvalue weighted by Gasteiger charge is -2.22. The van der Waals surface area contributed by atoms with Crippen LogP contribution < -0.4 is 5.32 Å². The summed E-state index contributed by atoms with van der Waals surface area (Å²) in [6.45, 7) is 2.55. The van der Waals surface area contributed by atoms with Gasteiger partial charge in [-0.25, -0.2) is 0 Å². The van der Waals surface area contributed by atoms with Gasteiger partial charge in [0, 0.05) is 51.1 Å². The van der Waals surface area contributed by atoms with E-state index in [4.69, 9.17) is 11.6 Å². The summed E-state index contributed by atoms with van der Waals surface area (Å²) in [6, 6.07) is 9.82. The zero-order valence-corrected chi connectivity index (χ0v) is 16.5. The first-order valence-corrected chi connectivity index (χ1v) is 7.70. The van der Waals surface area contributed by atoms with Crippen molar-refractivity contribution in [3.05, 3.63) is 53.3 Å². The number of rotatable bonds is 6. The Balaban J connectivity index is 0.00000264. The molecule has 5 nitrogen and oxygen atoms in total. The normalized spacial score (nSPS) is 11.0. The molecule has 1 heterocycles. The Hall–Kier alpha value is -1.28. The van der Waals surface area contributed by atoms with Gasteiger partial charge in [-0.1, -0.05) is 23.7 Å². The number of halogens is 2. The number of nitrogens with one attached hydrogen (secondary N) is 1. The highest BCUT2D eigenvalue weighted by atomic mass is 127. The van der Waals surface area contributed by atoms with Crippen molar-refractivity contribution in [2.24, 2.45) is 4.99 Å². The van der Waals surface area contributed by atoms with Crippen LogP contribution in [0, 0.1) is 0 Å². The summed E-state index contributed by atoms with van der Waals surface area (Å²) in [4.78, 5) is 6.41. The van der Waals surface area contributed by atoms with E-state index in [9.17, 15) is 0 Å². The van der Waals surface area contributed by atoms with Gasteiger partial charge in [0.15, 0.2) is 5.96 Å². The predicted octanol–water partition coefficient (Wildman–Crippen LogP) is 3.25. The second-order valence-corrected chi connectivity index (χ2v) is 5.52. The number of hydrogen-bond acceptors (Lipinski definition) is 2. The predicted molar refractivity (Wildman–Crippen MR) is 107 cm³/mol. The molecule has 0 aliphatic heterocycles. The minimum atomic E-state index is 0. The van der Waals surface area contributed by atoms with E-state index in [1.165, 1.54) is 5.56 Å². The second-order valence-electron chi connectivity index (χ2n) is 5.08. The molecule has 0 aliphatic rings. The first kappa shape index (κ1) is 19.8. The highest BCUT2D eigenvalue weighted by Crippen LogP contribution is 2.10. The van der Waals surface area contributed by atoms with Gasteiger partial charge in [0.05, 0.1) is 0 Å². The largest absolute Gasteiger partial charge is 0.356 e. The minimum Gasteiger partial charge on any atom is -0.356 e. The summed E-state index contributed by atoms with van der Waals surface area (Å²) in [7, 11) is 3.83. The van der Waals surface area contributed by atoms with Crippen molar-refractivity contribution >= 4 is 41.5 Å². The average molecular weight is 448 g/mol. The number of nitrogens with zero attached hydrogens (tertiary/aromatic N) is 4. The van der Waals surface area contributed by atoms with Crippen molar-refractivity contribution < 1.29 is 0 Å². The van der Waals surface area contributed by atoms with Crippen molar-refractivity contribution in [1.29, 1.82) is 0 Å². The van der Waals surface area contributed by atoms with Crippen LogP contribution in [0.15, 0.2) is 47.7 Å². The van der Waals surface area contributed by atoms with Gasteiger partial charge in [-0.15, -0.1) is 24.0 Å². The molecule has 2 rings (SSSR count). The van der Waals surface area contributed by atoms with Crippen LogP contribution in [0.4, 0.5) is 0 Å². The molecule has 0 atom stereocenters. The molecule has 0 radical (unpaired) electrons. The van der Waals surface area contributed by atoms with Gasteiger partial charge >= 0.3 is 0 Å². The summed E-state index contributed by atoms with van der Waals surface area (Å²) in [5.41, 5.74) is 1.20. The van der Waals surface area contributed by atoms with Gasteiger partial charge in [-0.05, 0) is 30.2 Å². The molecule has 0 spiro atoms. The monoisotopic (exact) mass is 447 g/mol. The summed E-state index contributed by atoms with van der Waals surface area (Å²) >= 11 is 5.91. The number of aryl methyl sites for hydroxylation is 1. The van der Waals surface area contributed by atoms with Gasteiger partial charge in [0.1, 0.15) is 0 Å². The molecule has 0 amide bonds. The van der Waals surface area contributed by atoms with Gasteiger partial charge in [0.25, 0.3) is 0 Å². The smallest absolute Gasteiger partial charge is 0.193 e. The lowest BCUT2D eigenvalue weighted by atomic mass is 10.2. The lowest BCUT2D eigenvalue weighted by Crippen LogP contribution is -2.39. The molecular weight excluding hydrogens is 425 g/mol. The van der Waals surface area contributed by atoms with E-state index in [0.717, 1.165) is 37.0 Å². The van der Waals surface area contributed by atoms with E-state index in [2.05, 4.69) is 20.3 Å². The molecule has 0 aliphatic carbocycles. The van der Waals surface area contributed by atoms with E-state index in [1.807, 2.05) is 48.3 Å². The highest BCUT2D eigenvalue weighted by Gasteiger charge is 2.06. The summed E-state index contributed by atoms with van der Waals surface area (Å²) in [6.07, 6.45) is 4.77. The number of benzene rings is 1. The summed E-state index contributed by atoms with van der Waals surface area (Å²) in [5, 5.41) is 8.32. The minimum absolute atomic E-state index is 0. The molecule has 7 heteroatoms. The molecule has 0 saturated heterocycles. The number of aliphatic imine (C=N–C) groups is 1. The van der Waals surface area contributed by atoms with Crippen LogP contribution in [-0.2, 0) is 13.1 Å². The maximum absolute atomic E-state index is 5.91. The van der Waals surface area contributed by atoms with Crippen molar-refractivity contribution in [3.8, 4) is 0 Å². The van der Waals surface area contributed by atoms with E-state index < -0.39 is 0 Å². The molecule has 23 heavy (non-hydrogen) atoms. The van der Waals surface area contributed by atoms with Crippen molar-refractivity contribution in [3.63, 3.8) is 0 Å². The van der Waals surface area contributed by atoms with E-state index >= 15 is 0 Å². The van der Waals surface area contributed by atoms with Crippen LogP contribution in [0.3, 0.4) is 0 Å². The molecule has 1 aromatic carbocycles. The molecule has 0 unspecified atom stereocenters. The maximum atomic E-state index is 5.91. The Morgan fingerprint density at radius 3 is 2.70 bits per heavy atom. The SMILES string of the molecule is CN=C(NCCCn1cccn1)N(C)Cc1ccc(Cl)cc1.I. The fourth-order valence-corrected chi connectivity index (χ4v) is 2.32. The van der Waals surface area contributed by atoms with Crippen molar-refractivity contribution in [2.45, 2.75) is 19.5 Å². The fourth-order valence-electron chi connectivity index (χ4n) is 2.20. The quantitative estimate of drug-likeness (QED) is 0.320. The Labute approximate surface area is 159 Å². The maximum Gasteiger partial charge on any atom is 0.193 e. The second kappa shape index (κ2) is 10.5. The average Bonchev–Trinajstić information content (AvgIpc) is 3.03. The molecule has 126 valence electrons. The van der Waals surface area contributed by atoms with Crippen LogP contribution in [0.2, 0.25) is 5.02 Å². The van der Waals surface area contributed by atoms with Gasteiger partial charge < -0.3 is 10.2 Å². The molecule has 1 N–H and O–H groups in total. The summed E-state index contributed by atoms with van der Waals surface area (Å²) in [5.74, 6) is 0.885. The zero-order chi connectivity index (χ0) is 15.8. The van der Waals surface area contributed by atoms with Crippen LogP contribution in [-0.4, -0.2) is 41.3 Å². The van der Waals surface area contributed by atoms with E-state index in [0.29, 0.717) is 0 Å². The molecule has 2 aromatic rings. The van der Waals surface area contributed by atoms with Crippen molar-refractivity contribution in [1.82, 2.24) is 20.0 Å². The van der Waals surface area contributed by atoms with E-state index in [-0.39, 0.29) is 24.0 Å². The molecule has 0 bridgehead atoms. The summed E-state index contributed by atoms with van der Waals surface area (Å²) < 4.78 is 1.93. The first-order valence-electron chi connectivity index (χ1n) is 7.32. The Morgan fingerprint density at radius 2 is 2.09 bits per heavy atom. The number of aromatic nitrogens is 2. The third-order valence-corrected chi connectivity index (χ3v) is 3.56. The molecule has 1 aromatic heterocycles. The third kappa shape index (κ3) is 6.78. The molecule has 0 fully saturated rings. The van der Waals surface area contributed by atoms with Gasteiger partial charge in [-0.2, -0.15) is 5.10 Å². The molecular formula is C16H23ClIN5. The van der Waals surface area contributed by atoms with Gasteiger partial charge in [0.2, 0.25) is 0 Å². The van der Waals surface area contributed by atoms with Crippen LogP contribution >= 0.6 is 35.6 Å². The number of hydrogen-bond donors (Lipinski definition) is 1. The van der Waals surface area contributed by atoms with Crippen molar-refractivity contribution in [2.75, 3.05) is 20.6 Å². The first-order chi connectivity index (χ1) is 10.7. The fraction of sp³-hybridized carbons (Fsp3) is 0.375.